The first-order chi connectivity index (χ1) is 5.45. The molecule has 13 heavy (non-hydrogen) atoms. The molecule has 0 saturated carbocycles. The Labute approximate surface area is 111 Å². The van der Waals surface area contributed by atoms with Gasteiger partial charge in [-0.3, -0.25) is 0 Å². The van der Waals surface area contributed by atoms with Crippen LogP contribution in [0.4, 0.5) is 0 Å². The molecule has 0 aliphatic heterocycles. The van der Waals surface area contributed by atoms with Crippen LogP contribution in [-0.2, 0) is 0 Å². The van der Waals surface area contributed by atoms with Crippen LogP contribution in [0.15, 0.2) is 39.2 Å². The van der Waals surface area contributed by atoms with Gasteiger partial charge in [-0.05, 0) is 0 Å². The monoisotopic (exact) mass is 432 g/mol. The quantitative estimate of drug-likeness (QED) is 0.430. The third-order valence-corrected chi connectivity index (χ3v) is 7.55. The average Bonchev–Trinajstić information content (AvgIpc) is 2.60. The van der Waals surface area contributed by atoms with Gasteiger partial charge in [0.15, 0.2) is 0 Å². The molecule has 0 spiro atoms. The van der Waals surface area contributed by atoms with Gasteiger partial charge in [0.05, 0.1) is 0 Å². The molecule has 0 aromatic carbocycles. The van der Waals surface area contributed by atoms with Gasteiger partial charge in [-0.2, -0.15) is 0 Å². The Balaban J connectivity index is 0.000000720. The summed E-state index contributed by atoms with van der Waals surface area (Å²) in [5, 5.41) is 0. The first kappa shape index (κ1) is 13.9. The maximum atomic E-state index is 2.33. The van der Waals surface area contributed by atoms with Crippen LogP contribution >= 0.6 is 0 Å². The molecular formula is C10H10Cl2Th. The molecule has 68 valence electrons. The summed E-state index contributed by atoms with van der Waals surface area (Å²) in [6.07, 6.45) is 16.1. The van der Waals surface area contributed by atoms with Gasteiger partial charge in [0.25, 0.3) is 0 Å². The van der Waals surface area contributed by atoms with Crippen LogP contribution < -0.4 is 24.8 Å². The van der Waals surface area contributed by atoms with E-state index in [0.717, 1.165) is 0 Å². The third kappa shape index (κ3) is 4.27. The number of hydrogen-bond donors (Lipinski definition) is 0. The molecule has 2 aliphatic rings. The van der Waals surface area contributed by atoms with E-state index in [-0.39, 0.29) is 24.8 Å². The maximum Gasteiger partial charge on any atom is -1.00 e. The number of rotatable bonds is 2. The predicted octanol–water partition coefficient (Wildman–Crippen LogP) is -3.23. The zero-order valence-corrected chi connectivity index (χ0v) is 12.8. The Bertz CT molecular complexity index is 247. The first-order valence-electron chi connectivity index (χ1n) is 3.93. The number of allylic oxidation sites excluding steroid dienone is 8. The van der Waals surface area contributed by atoms with Crippen molar-refractivity contribution in [1.82, 2.24) is 0 Å². The minimum atomic E-state index is -0.656. The summed E-state index contributed by atoms with van der Waals surface area (Å²) in [7, 11) is 0. The summed E-state index contributed by atoms with van der Waals surface area (Å²) >= 11 is -0.656. The van der Waals surface area contributed by atoms with Crippen LogP contribution in [-0.4, -0.2) is 0 Å². The molecule has 3 heteroatoms. The topological polar surface area (TPSA) is 0 Å². The largest absolute Gasteiger partial charge is 1.00 e. The van der Waals surface area contributed by atoms with Gasteiger partial charge in [-0.15, -0.1) is 0 Å². The van der Waals surface area contributed by atoms with E-state index in [2.05, 4.69) is 36.5 Å². The van der Waals surface area contributed by atoms with Crippen LogP contribution in [0.1, 0.15) is 12.8 Å². The van der Waals surface area contributed by atoms with Gasteiger partial charge in [0.2, 0.25) is 0 Å². The Hall–Kier alpha value is 0.865. The van der Waals surface area contributed by atoms with Crippen LogP contribution in [0.5, 0.6) is 0 Å². The minimum absolute atomic E-state index is 0. The predicted molar refractivity (Wildman–Crippen MR) is 43.7 cm³/mol. The van der Waals surface area contributed by atoms with Crippen LogP contribution in [0, 0.1) is 35.9 Å². The molecular weight excluding hydrogens is 423 g/mol. The van der Waals surface area contributed by atoms with Gasteiger partial charge >= 0.3 is 87.9 Å². The van der Waals surface area contributed by atoms with Crippen molar-refractivity contribution in [2.24, 2.45) is 0 Å². The summed E-state index contributed by atoms with van der Waals surface area (Å²) in [5.41, 5.74) is 0. The fourth-order valence-corrected chi connectivity index (χ4v) is 6.26. The average molecular weight is 433 g/mol. The molecule has 0 radical (unpaired) electrons. The summed E-state index contributed by atoms with van der Waals surface area (Å²) in [6, 6.07) is 0. The fraction of sp³-hybridized carbons (Fsp3) is 0.200. The maximum absolute atomic E-state index is 2.33. The molecule has 0 N–H and O–H groups in total. The van der Waals surface area contributed by atoms with Crippen molar-refractivity contribution in [1.29, 1.82) is 0 Å². The Morgan fingerprint density at radius 1 is 0.846 bits per heavy atom. The molecule has 0 heterocycles. The summed E-state index contributed by atoms with van der Waals surface area (Å²) in [5.74, 6) is 0. The fourth-order valence-electron chi connectivity index (χ4n) is 1.29. The standard InChI is InChI=1S/2C5H5.2ClH.Th/c2*1-2-4-5-3-1;;;/h2*1-3H,4H2;2*1H;/q;;;;+2/p-2. The molecule has 0 unspecified atom stereocenters. The second-order valence-corrected chi connectivity index (χ2v) is 9.08. The molecule has 0 amide bonds. The second kappa shape index (κ2) is 7.20. The van der Waals surface area contributed by atoms with Crippen molar-refractivity contribution in [3.63, 3.8) is 0 Å². The molecule has 0 saturated heterocycles. The summed E-state index contributed by atoms with van der Waals surface area (Å²) in [6.45, 7) is 0. The van der Waals surface area contributed by atoms with Crippen molar-refractivity contribution >= 4 is 0 Å². The van der Waals surface area contributed by atoms with E-state index >= 15 is 0 Å². The molecule has 0 aromatic heterocycles. The van der Waals surface area contributed by atoms with Crippen molar-refractivity contribution < 1.29 is 60.7 Å². The Kier molecular flexibility index (Phi) is 7.67. The molecule has 2 aliphatic carbocycles. The zero-order valence-electron chi connectivity index (χ0n) is 7.13. The van der Waals surface area contributed by atoms with Crippen LogP contribution in [0.3, 0.4) is 0 Å². The smallest absolute Gasteiger partial charge is 1.00 e. The van der Waals surface area contributed by atoms with E-state index in [9.17, 15) is 0 Å². The van der Waals surface area contributed by atoms with E-state index in [1.54, 1.807) is 2.71 Å². The second-order valence-electron chi connectivity index (χ2n) is 2.77. The summed E-state index contributed by atoms with van der Waals surface area (Å²) in [4.78, 5) is 0. The number of hydrogen-bond acceptors (Lipinski definition) is 0. The van der Waals surface area contributed by atoms with Gasteiger partial charge in [0.1, 0.15) is 0 Å². The molecule has 2 rings (SSSR count). The number of halogens is 2. The van der Waals surface area contributed by atoms with Crippen LogP contribution in [0.2, 0.25) is 0 Å². The zero-order chi connectivity index (χ0) is 7.52. The normalized spacial score (nSPS) is 16.9. The Morgan fingerprint density at radius 2 is 1.31 bits per heavy atom. The van der Waals surface area contributed by atoms with Crippen molar-refractivity contribution in [3.8, 4) is 0 Å². The van der Waals surface area contributed by atoms with Crippen molar-refractivity contribution in [2.45, 2.75) is 12.8 Å². The molecule has 0 bridgehead atoms. The van der Waals surface area contributed by atoms with Gasteiger partial charge in [-0.25, -0.2) is 0 Å². The van der Waals surface area contributed by atoms with E-state index < -0.39 is 35.9 Å². The molecule has 0 aromatic rings. The third-order valence-electron chi connectivity index (χ3n) is 1.86. The minimum Gasteiger partial charge on any atom is -1.00 e. The SMILES string of the molecule is C1=CC[C]([Th+2][C]2=CC=CC2)=C1.[Cl-].[Cl-]. The molecule has 0 fully saturated rings. The van der Waals surface area contributed by atoms with E-state index in [0.29, 0.717) is 0 Å². The van der Waals surface area contributed by atoms with Crippen molar-refractivity contribution in [3.05, 3.63) is 39.2 Å². The Morgan fingerprint density at radius 3 is 1.62 bits per heavy atom. The van der Waals surface area contributed by atoms with Gasteiger partial charge in [-0.1, -0.05) is 0 Å². The van der Waals surface area contributed by atoms with Gasteiger partial charge in [0, 0.05) is 0 Å². The molecule has 0 atom stereocenters. The van der Waals surface area contributed by atoms with E-state index in [4.69, 9.17) is 0 Å². The molecule has 0 nitrogen and oxygen atoms in total. The van der Waals surface area contributed by atoms with E-state index in [1.165, 1.54) is 12.8 Å². The van der Waals surface area contributed by atoms with E-state index in [1.807, 2.05) is 0 Å². The first-order valence-corrected chi connectivity index (χ1v) is 8.04. The van der Waals surface area contributed by atoms with Crippen LogP contribution in [0.25, 0.3) is 0 Å². The summed E-state index contributed by atoms with van der Waals surface area (Å²) < 4.78 is 3.53. The van der Waals surface area contributed by atoms with Gasteiger partial charge < -0.3 is 24.8 Å². The van der Waals surface area contributed by atoms with Crippen molar-refractivity contribution in [2.75, 3.05) is 0 Å².